The first-order valence-electron chi connectivity index (χ1n) is 10.9. The molecule has 7 nitrogen and oxygen atoms in total. The van der Waals surface area contributed by atoms with Crippen LogP contribution >= 0.6 is 0 Å². The van der Waals surface area contributed by atoms with Crippen LogP contribution in [0.4, 0.5) is 5.69 Å². The van der Waals surface area contributed by atoms with Crippen molar-refractivity contribution in [2.45, 2.75) is 51.6 Å². The fourth-order valence-corrected chi connectivity index (χ4v) is 5.70. The maximum absolute atomic E-state index is 13.0. The van der Waals surface area contributed by atoms with Crippen LogP contribution in [-0.4, -0.2) is 32.0 Å². The van der Waals surface area contributed by atoms with Crippen LogP contribution in [0.25, 0.3) is 5.69 Å². The standard InChI is InChI=1S/C25H29N3O4S/c1-16-13-21(18(3)27(16)22-6-8-23(32-5)9-7-22)15-26-33(30,31)24-10-11-25-20(14-24)12-17(2)28(25)19(4)29/h6-11,13-14,17,26H,12,15H2,1-5H3/t17-/m1/s1. The molecule has 1 aliphatic rings. The van der Waals surface area contributed by atoms with Gasteiger partial charge in [-0.05, 0) is 86.8 Å². The van der Waals surface area contributed by atoms with Gasteiger partial charge in [0.2, 0.25) is 15.9 Å². The molecule has 8 heteroatoms. The quantitative estimate of drug-likeness (QED) is 0.597. The Kier molecular flexibility index (Phi) is 6.07. The molecule has 1 aromatic heterocycles. The molecule has 3 aromatic rings. The summed E-state index contributed by atoms with van der Waals surface area (Å²) in [7, 11) is -2.08. The molecule has 1 N–H and O–H groups in total. The SMILES string of the molecule is COc1ccc(-n2c(C)cc(CNS(=O)(=O)c3ccc4c(c3)C[C@@H](C)N4C(C)=O)c2C)cc1. The van der Waals surface area contributed by atoms with E-state index in [1.54, 1.807) is 30.2 Å². The Labute approximate surface area is 195 Å². The van der Waals surface area contributed by atoms with Gasteiger partial charge in [-0.2, -0.15) is 0 Å². The monoisotopic (exact) mass is 467 g/mol. The van der Waals surface area contributed by atoms with E-state index in [0.717, 1.165) is 39.6 Å². The van der Waals surface area contributed by atoms with Crippen LogP contribution in [0.15, 0.2) is 53.4 Å². The van der Waals surface area contributed by atoms with Crippen LogP contribution in [0.2, 0.25) is 0 Å². The lowest BCUT2D eigenvalue weighted by Crippen LogP contribution is -2.33. The molecule has 2 aromatic carbocycles. The summed E-state index contributed by atoms with van der Waals surface area (Å²) in [6.45, 7) is 7.66. The number of amides is 1. The average molecular weight is 468 g/mol. The van der Waals surface area contributed by atoms with E-state index in [1.165, 1.54) is 6.92 Å². The highest BCUT2D eigenvalue weighted by molar-refractivity contribution is 7.89. The predicted octanol–water partition coefficient (Wildman–Crippen LogP) is 3.88. The maximum atomic E-state index is 13.0. The van der Waals surface area contributed by atoms with Gasteiger partial charge in [0.1, 0.15) is 5.75 Å². The van der Waals surface area contributed by atoms with E-state index >= 15 is 0 Å². The number of carbonyl (C=O) groups is 1. The van der Waals surface area contributed by atoms with Crippen molar-refractivity contribution in [1.29, 1.82) is 0 Å². The van der Waals surface area contributed by atoms with Gasteiger partial charge < -0.3 is 14.2 Å². The molecule has 0 radical (unpaired) electrons. The Bertz CT molecular complexity index is 1310. The normalized spacial score (nSPS) is 15.5. The number of aromatic nitrogens is 1. The number of ether oxygens (including phenoxy) is 1. The zero-order chi connectivity index (χ0) is 23.9. The second-order valence-electron chi connectivity index (χ2n) is 8.49. The Morgan fingerprint density at radius 3 is 2.45 bits per heavy atom. The van der Waals surface area contributed by atoms with E-state index in [-0.39, 0.29) is 23.4 Å². The van der Waals surface area contributed by atoms with E-state index in [9.17, 15) is 13.2 Å². The van der Waals surface area contributed by atoms with Gasteiger partial charge in [-0.1, -0.05) is 0 Å². The van der Waals surface area contributed by atoms with Crippen molar-refractivity contribution in [3.8, 4) is 11.4 Å². The third-order valence-corrected chi connectivity index (χ3v) is 7.63. The Morgan fingerprint density at radius 2 is 1.82 bits per heavy atom. The first-order valence-corrected chi connectivity index (χ1v) is 12.4. The molecule has 2 heterocycles. The zero-order valence-corrected chi connectivity index (χ0v) is 20.4. The van der Waals surface area contributed by atoms with E-state index < -0.39 is 10.0 Å². The molecule has 0 bridgehead atoms. The summed E-state index contributed by atoms with van der Waals surface area (Å²) >= 11 is 0. The average Bonchev–Trinajstić information content (AvgIpc) is 3.26. The van der Waals surface area contributed by atoms with Gasteiger partial charge in [0, 0.05) is 42.3 Å². The molecular weight excluding hydrogens is 438 g/mol. The smallest absolute Gasteiger partial charge is 0.240 e. The number of rotatable bonds is 6. The van der Waals surface area contributed by atoms with E-state index in [0.29, 0.717) is 6.42 Å². The van der Waals surface area contributed by atoms with Crippen LogP contribution < -0.4 is 14.4 Å². The minimum absolute atomic E-state index is 0.0201. The van der Waals surface area contributed by atoms with Crippen LogP contribution in [0.1, 0.15) is 36.4 Å². The number of methoxy groups -OCH3 is 1. The third-order valence-electron chi connectivity index (χ3n) is 6.24. The molecule has 1 atom stereocenters. The second-order valence-corrected chi connectivity index (χ2v) is 10.3. The van der Waals surface area contributed by atoms with Crippen molar-refractivity contribution >= 4 is 21.6 Å². The molecule has 0 fully saturated rings. The van der Waals surface area contributed by atoms with Gasteiger partial charge in [-0.15, -0.1) is 0 Å². The number of anilines is 1. The largest absolute Gasteiger partial charge is 0.497 e. The topological polar surface area (TPSA) is 80.6 Å². The summed E-state index contributed by atoms with van der Waals surface area (Å²) < 4.78 is 36.1. The molecular formula is C25H29N3O4S. The molecule has 1 amide bonds. The third kappa shape index (κ3) is 4.28. The number of hydrogen-bond donors (Lipinski definition) is 1. The first-order chi connectivity index (χ1) is 15.6. The van der Waals surface area contributed by atoms with Crippen molar-refractivity contribution in [1.82, 2.24) is 9.29 Å². The van der Waals surface area contributed by atoms with Crippen molar-refractivity contribution in [3.05, 3.63) is 71.0 Å². The summed E-state index contributed by atoms with van der Waals surface area (Å²) in [5.74, 6) is 0.742. The fraction of sp³-hybridized carbons (Fsp3) is 0.320. The lowest BCUT2D eigenvalue weighted by Gasteiger charge is -2.20. The highest BCUT2D eigenvalue weighted by Gasteiger charge is 2.30. The molecule has 0 aliphatic carbocycles. The fourth-order valence-electron chi connectivity index (χ4n) is 4.65. The van der Waals surface area contributed by atoms with Gasteiger partial charge in [0.15, 0.2) is 0 Å². The number of nitrogens with one attached hydrogen (secondary N) is 1. The number of sulfonamides is 1. The summed E-state index contributed by atoms with van der Waals surface area (Å²) in [4.78, 5) is 13.9. The van der Waals surface area contributed by atoms with E-state index in [4.69, 9.17) is 4.74 Å². The highest BCUT2D eigenvalue weighted by atomic mass is 32.2. The van der Waals surface area contributed by atoms with Crippen molar-refractivity contribution in [2.24, 2.45) is 0 Å². The molecule has 0 saturated heterocycles. The highest BCUT2D eigenvalue weighted by Crippen LogP contribution is 2.34. The number of fused-ring (bicyclic) bond motifs is 1. The van der Waals surface area contributed by atoms with Gasteiger partial charge in [-0.3, -0.25) is 4.79 Å². The lowest BCUT2D eigenvalue weighted by molar-refractivity contribution is -0.116. The van der Waals surface area contributed by atoms with Gasteiger partial charge in [-0.25, -0.2) is 13.1 Å². The molecule has 0 unspecified atom stereocenters. The summed E-state index contributed by atoms with van der Waals surface area (Å²) in [6, 6.07) is 14.7. The summed E-state index contributed by atoms with van der Waals surface area (Å²) in [5, 5.41) is 0. The van der Waals surface area contributed by atoms with E-state index in [1.807, 2.05) is 51.1 Å². The lowest BCUT2D eigenvalue weighted by atomic mass is 10.1. The number of benzene rings is 2. The van der Waals surface area contributed by atoms with Crippen LogP contribution in [0.3, 0.4) is 0 Å². The zero-order valence-electron chi connectivity index (χ0n) is 19.5. The maximum Gasteiger partial charge on any atom is 0.240 e. The Hall–Kier alpha value is -3.10. The predicted molar refractivity (Wildman–Crippen MR) is 129 cm³/mol. The van der Waals surface area contributed by atoms with Gasteiger partial charge >= 0.3 is 0 Å². The van der Waals surface area contributed by atoms with Crippen LogP contribution in [-0.2, 0) is 27.8 Å². The number of aryl methyl sites for hydroxylation is 1. The minimum Gasteiger partial charge on any atom is -0.497 e. The van der Waals surface area contributed by atoms with Gasteiger partial charge in [0.05, 0.1) is 12.0 Å². The van der Waals surface area contributed by atoms with Crippen LogP contribution in [0, 0.1) is 13.8 Å². The van der Waals surface area contributed by atoms with Gasteiger partial charge in [0.25, 0.3) is 0 Å². The molecule has 33 heavy (non-hydrogen) atoms. The van der Waals surface area contributed by atoms with Crippen molar-refractivity contribution < 1.29 is 17.9 Å². The first kappa shape index (κ1) is 23.1. The molecule has 174 valence electrons. The second kappa shape index (κ2) is 8.68. The number of nitrogens with zero attached hydrogens (tertiary/aromatic N) is 2. The van der Waals surface area contributed by atoms with E-state index in [2.05, 4.69) is 9.29 Å². The Morgan fingerprint density at radius 1 is 1.12 bits per heavy atom. The molecule has 0 saturated carbocycles. The number of carbonyl (C=O) groups excluding carboxylic acids is 1. The minimum atomic E-state index is -3.71. The van der Waals surface area contributed by atoms with Crippen molar-refractivity contribution in [3.63, 3.8) is 0 Å². The van der Waals surface area contributed by atoms with Crippen molar-refractivity contribution in [2.75, 3.05) is 12.0 Å². The Balaban J connectivity index is 1.55. The molecule has 1 aliphatic heterocycles. The molecule has 0 spiro atoms. The summed E-state index contributed by atoms with van der Waals surface area (Å²) in [6.07, 6.45) is 0.640. The molecule has 4 rings (SSSR count). The van der Waals surface area contributed by atoms with Crippen LogP contribution in [0.5, 0.6) is 5.75 Å². The number of hydrogen-bond acceptors (Lipinski definition) is 4. The summed E-state index contributed by atoms with van der Waals surface area (Å²) in [5.41, 5.74) is 5.55.